The van der Waals surface area contributed by atoms with E-state index in [1.807, 2.05) is 0 Å². The molecule has 0 unspecified atom stereocenters. The van der Waals surface area contributed by atoms with Crippen molar-refractivity contribution in [2.45, 2.75) is 25.3 Å². The van der Waals surface area contributed by atoms with Crippen molar-refractivity contribution in [3.8, 4) is 0 Å². The molecule has 0 bridgehead atoms. The Morgan fingerprint density at radius 1 is 1.40 bits per heavy atom. The van der Waals surface area contributed by atoms with E-state index < -0.39 is 0 Å². The number of nitrogens with zero attached hydrogens (tertiary/aromatic N) is 1. The first-order valence-corrected chi connectivity index (χ1v) is 6.75. The Morgan fingerprint density at radius 2 is 2.20 bits per heavy atom. The van der Waals surface area contributed by atoms with Gasteiger partial charge in [0.15, 0.2) is 0 Å². The fourth-order valence-electron chi connectivity index (χ4n) is 1.70. The van der Waals surface area contributed by atoms with Gasteiger partial charge in [-0.15, -0.1) is 0 Å². The van der Waals surface area contributed by atoms with E-state index >= 15 is 0 Å². The van der Waals surface area contributed by atoms with E-state index in [-0.39, 0.29) is 23.6 Å². The van der Waals surface area contributed by atoms with Gasteiger partial charge >= 0.3 is 0 Å². The summed E-state index contributed by atoms with van der Waals surface area (Å²) < 4.78 is 4.91. The number of nitrogens with one attached hydrogen (secondary N) is 2. The molecule has 0 atom stereocenters. The third-order valence-corrected chi connectivity index (χ3v) is 2.98. The second-order valence-electron chi connectivity index (χ2n) is 4.78. The first-order chi connectivity index (χ1) is 9.70. The predicted molar refractivity (Wildman–Crippen MR) is 73.6 cm³/mol. The van der Waals surface area contributed by atoms with Crippen molar-refractivity contribution in [1.29, 1.82) is 0 Å². The quantitative estimate of drug-likeness (QED) is 0.720. The number of amides is 2. The standard InChI is InChI=1S/C14H19N3O3/c1-20-8-2-6-16-13(18)10-5-7-15-12(9-10)14(19)17-11-3-4-11/h5,7,9,11H,2-4,6,8H2,1H3,(H,16,18)(H,17,19). The van der Waals surface area contributed by atoms with Crippen LogP contribution in [0.3, 0.4) is 0 Å². The molecule has 1 aromatic rings. The van der Waals surface area contributed by atoms with Crippen LogP contribution in [0.2, 0.25) is 0 Å². The third-order valence-electron chi connectivity index (χ3n) is 2.98. The van der Waals surface area contributed by atoms with Crippen molar-refractivity contribution >= 4 is 11.8 Å². The average Bonchev–Trinajstić information content (AvgIpc) is 3.27. The van der Waals surface area contributed by atoms with Gasteiger partial charge in [-0.2, -0.15) is 0 Å². The fraction of sp³-hybridized carbons (Fsp3) is 0.500. The van der Waals surface area contributed by atoms with Crippen LogP contribution in [0.4, 0.5) is 0 Å². The van der Waals surface area contributed by atoms with Gasteiger partial charge < -0.3 is 15.4 Å². The van der Waals surface area contributed by atoms with Gasteiger partial charge in [-0.05, 0) is 31.4 Å². The zero-order chi connectivity index (χ0) is 14.4. The Bertz CT molecular complexity index is 486. The molecule has 0 radical (unpaired) electrons. The second-order valence-corrected chi connectivity index (χ2v) is 4.78. The summed E-state index contributed by atoms with van der Waals surface area (Å²) in [5.41, 5.74) is 0.722. The summed E-state index contributed by atoms with van der Waals surface area (Å²) in [6.45, 7) is 1.14. The van der Waals surface area contributed by atoms with Crippen LogP contribution >= 0.6 is 0 Å². The molecule has 1 saturated carbocycles. The molecule has 108 valence electrons. The molecule has 0 saturated heterocycles. The molecule has 6 nitrogen and oxygen atoms in total. The molecule has 1 fully saturated rings. The minimum atomic E-state index is -0.221. The summed E-state index contributed by atoms with van der Waals surface area (Å²) in [6.07, 6.45) is 4.27. The van der Waals surface area contributed by atoms with Gasteiger partial charge in [-0.25, -0.2) is 0 Å². The minimum Gasteiger partial charge on any atom is -0.385 e. The van der Waals surface area contributed by atoms with Gasteiger partial charge in [-0.3, -0.25) is 14.6 Å². The predicted octanol–water partition coefficient (Wildman–Crippen LogP) is 0.740. The summed E-state index contributed by atoms with van der Waals surface area (Å²) in [6, 6.07) is 3.39. The molecule has 2 rings (SSSR count). The Labute approximate surface area is 117 Å². The number of rotatable bonds is 7. The average molecular weight is 277 g/mol. The molecule has 0 aliphatic heterocycles. The fourth-order valence-corrected chi connectivity index (χ4v) is 1.70. The van der Waals surface area contributed by atoms with Crippen LogP contribution in [0.1, 0.15) is 40.1 Å². The smallest absolute Gasteiger partial charge is 0.270 e. The van der Waals surface area contributed by atoms with Gasteiger partial charge in [0, 0.05) is 38.1 Å². The van der Waals surface area contributed by atoms with E-state index in [0.29, 0.717) is 18.7 Å². The minimum absolute atomic E-state index is 0.205. The first-order valence-electron chi connectivity index (χ1n) is 6.75. The van der Waals surface area contributed by atoms with Gasteiger partial charge in [0.05, 0.1) is 0 Å². The van der Waals surface area contributed by atoms with Crippen molar-refractivity contribution in [3.63, 3.8) is 0 Å². The lowest BCUT2D eigenvalue weighted by Crippen LogP contribution is -2.28. The SMILES string of the molecule is COCCCNC(=O)c1ccnc(C(=O)NC2CC2)c1. The lowest BCUT2D eigenvalue weighted by atomic mass is 10.2. The largest absolute Gasteiger partial charge is 0.385 e. The molecule has 1 heterocycles. The van der Waals surface area contributed by atoms with E-state index in [4.69, 9.17) is 4.74 Å². The van der Waals surface area contributed by atoms with E-state index in [0.717, 1.165) is 19.3 Å². The maximum atomic E-state index is 11.9. The highest BCUT2D eigenvalue weighted by atomic mass is 16.5. The number of pyridine rings is 1. The van der Waals surface area contributed by atoms with Crippen molar-refractivity contribution in [2.24, 2.45) is 0 Å². The molecule has 2 amide bonds. The summed E-state index contributed by atoms with van der Waals surface area (Å²) in [5, 5.41) is 5.62. The summed E-state index contributed by atoms with van der Waals surface area (Å²) in [5.74, 6) is -0.425. The summed E-state index contributed by atoms with van der Waals surface area (Å²) >= 11 is 0. The van der Waals surface area contributed by atoms with Gasteiger partial charge in [0.1, 0.15) is 5.69 Å². The highest BCUT2D eigenvalue weighted by molar-refractivity contribution is 5.98. The maximum Gasteiger partial charge on any atom is 0.270 e. The zero-order valence-corrected chi connectivity index (χ0v) is 11.5. The van der Waals surface area contributed by atoms with E-state index in [1.165, 1.54) is 12.3 Å². The molecule has 0 spiro atoms. The highest BCUT2D eigenvalue weighted by Gasteiger charge is 2.24. The van der Waals surface area contributed by atoms with Crippen LogP contribution in [-0.4, -0.2) is 43.1 Å². The Balaban J connectivity index is 1.90. The van der Waals surface area contributed by atoms with Gasteiger partial charge in [-0.1, -0.05) is 0 Å². The van der Waals surface area contributed by atoms with Gasteiger partial charge in [0.25, 0.3) is 11.8 Å². The Morgan fingerprint density at radius 3 is 2.90 bits per heavy atom. The molecule has 1 aliphatic carbocycles. The van der Waals surface area contributed by atoms with Crippen LogP contribution in [-0.2, 0) is 4.74 Å². The number of carbonyl (C=O) groups excluding carboxylic acids is 2. The normalized spacial score (nSPS) is 13.8. The molecule has 6 heteroatoms. The first kappa shape index (κ1) is 14.5. The van der Waals surface area contributed by atoms with Crippen LogP contribution in [0.5, 0.6) is 0 Å². The second kappa shape index (κ2) is 7.00. The van der Waals surface area contributed by atoms with Crippen LogP contribution in [0.15, 0.2) is 18.3 Å². The van der Waals surface area contributed by atoms with Gasteiger partial charge in [0.2, 0.25) is 0 Å². The van der Waals surface area contributed by atoms with E-state index in [1.54, 1.807) is 13.2 Å². The molecule has 1 aliphatic rings. The number of methoxy groups -OCH3 is 1. The van der Waals surface area contributed by atoms with Crippen LogP contribution < -0.4 is 10.6 Å². The van der Waals surface area contributed by atoms with Crippen molar-refractivity contribution in [3.05, 3.63) is 29.6 Å². The monoisotopic (exact) mass is 277 g/mol. The molecule has 2 N–H and O–H groups in total. The van der Waals surface area contributed by atoms with Crippen molar-refractivity contribution in [2.75, 3.05) is 20.3 Å². The summed E-state index contributed by atoms with van der Waals surface area (Å²) in [4.78, 5) is 27.8. The number of ether oxygens (including phenoxy) is 1. The lowest BCUT2D eigenvalue weighted by Gasteiger charge is -2.06. The number of carbonyl (C=O) groups is 2. The van der Waals surface area contributed by atoms with Crippen molar-refractivity contribution in [1.82, 2.24) is 15.6 Å². The topological polar surface area (TPSA) is 80.3 Å². The number of hydrogen-bond acceptors (Lipinski definition) is 4. The Kier molecular flexibility index (Phi) is 5.06. The summed E-state index contributed by atoms with van der Waals surface area (Å²) in [7, 11) is 1.62. The molecule has 20 heavy (non-hydrogen) atoms. The van der Waals surface area contributed by atoms with E-state index in [2.05, 4.69) is 15.6 Å². The van der Waals surface area contributed by atoms with E-state index in [9.17, 15) is 9.59 Å². The molecule has 0 aromatic carbocycles. The highest BCUT2D eigenvalue weighted by Crippen LogP contribution is 2.19. The lowest BCUT2D eigenvalue weighted by molar-refractivity contribution is 0.0946. The molecule has 1 aromatic heterocycles. The number of aromatic nitrogens is 1. The molecular weight excluding hydrogens is 258 g/mol. The Hall–Kier alpha value is -1.95. The zero-order valence-electron chi connectivity index (χ0n) is 11.5. The maximum absolute atomic E-state index is 11.9. The third kappa shape index (κ3) is 4.31. The molecular formula is C14H19N3O3. The number of hydrogen-bond donors (Lipinski definition) is 2. The van der Waals surface area contributed by atoms with Crippen molar-refractivity contribution < 1.29 is 14.3 Å². The van der Waals surface area contributed by atoms with Crippen LogP contribution in [0, 0.1) is 0 Å². The van der Waals surface area contributed by atoms with Crippen LogP contribution in [0.25, 0.3) is 0 Å².